The number of fused-ring (bicyclic) bond motifs is 1. The van der Waals surface area contributed by atoms with Crippen LogP contribution in [0.25, 0.3) is 10.9 Å². The molecule has 1 heterocycles. The zero-order chi connectivity index (χ0) is 15.9. The lowest BCUT2D eigenvalue weighted by molar-refractivity contribution is 0.216. The van der Waals surface area contributed by atoms with Gasteiger partial charge in [-0.2, -0.15) is 0 Å². The van der Waals surface area contributed by atoms with Crippen molar-refractivity contribution in [3.63, 3.8) is 0 Å². The highest BCUT2D eigenvalue weighted by molar-refractivity contribution is 9.10. The monoisotopic (exact) mass is 359 g/mol. The second kappa shape index (κ2) is 5.78. The second-order valence-corrected chi connectivity index (χ2v) is 6.34. The Morgan fingerprint density at radius 1 is 1.05 bits per heavy atom. The van der Waals surface area contributed by atoms with Gasteiger partial charge < -0.3 is 5.11 Å². The summed E-state index contributed by atoms with van der Waals surface area (Å²) in [6, 6.07) is 10.4. The Morgan fingerprint density at radius 3 is 2.50 bits per heavy atom. The number of hydrogen-bond acceptors (Lipinski definition) is 2. The van der Waals surface area contributed by atoms with E-state index in [4.69, 9.17) is 0 Å². The summed E-state index contributed by atoms with van der Waals surface area (Å²) in [7, 11) is 0. The van der Waals surface area contributed by atoms with E-state index in [2.05, 4.69) is 20.9 Å². The number of aromatic nitrogens is 1. The van der Waals surface area contributed by atoms with Gasteiger partial charge in [-0.1, -0.05) is 22.0 Å². The Kier molecular flexibility index (Phi) is 3.98. The van der Waals surface area contributed by atoms with E-state index in [1.165, 1.54) is 6.07 Å². The van der Waals surface area contributed by atoms with Crippen molar-refractivity contribution in [1.29, 1.82) is 0 Å². The smallest absolute Gasteiger partial charge is 0.130 e. The SMILES string of the molecule is Cc1cc2nccc(C(O)c3ccc(Br)cc3F)c2cc1C. The Balaban J connectivity index is 2.19. The third-order valence-electron chi connectivity index (χ3n) is 3.94. The van der Waals surface area contributed by atoms with Gasteiger partial charge in [0.2, 0.25) is 0 Å². The fraction of sp³-hybridized carbons (Fsp3) is 0.167. The number of halogens is 2. The van der Waals surface area contributed by atoms with E-state index in [0.717, 1.165) is 22.0 Å². The zero-order valence-electron chi connectivity index (χ0n) is 12.3. The van der Waals surface area contributed by atoms with Crippen LogP contribution in [0.5, 0.6) is 0 Å². The first-order valence-corrected chi connectivity index (χ1v) is 7.75. The van der Waals surface area contributed by atoms with Crippen LogP contribution in [0.3, 0.4) is 0 Å². The van der Waals surface area contributed by atoms with Crippen molar-refractivity contribution in [2.45, 2.75) is 20.0 Å². The summed E-state index contributed by atoms with van der Waals surface area (Å²) in [5.41, 5.74) is 3.98. The molecule has 0 amide bonds. The van der Waals surface area contributed by atoms with Gasteiger partial charge in [-0.25, -0.2) is 4.39 Å². The Bertz CT molecular complexity index is 863. The van der Waals surface area contributed by atoms with E-state index in [9.17, 15) is 9.50 Å². The first-order valence-electron chi connectivity index (χ1n) is 6.96. The van der Waals surface area contributed by atoms with Gasteiger partial charge in [0.05, 0.1) is 5.52 Å². The largest absolute Gasteiger partial charge is 0.384 e. The number of benzene rings is 2. The van der Waals surface area contributed by atoms with Crippen molar-refractivity contribution < 1.29 is 9.50 Å². The molecular weight excluding hydrogens is 345 g/mol. The maximum atomic E-state index is 14.1. The molecule has 112 valence electrons. The molecular formula is C18H15BrFNO. The maximum Gasteiger partial charge on any atom is 0.130 e. The second-order valence-electron chi connectivity index (χ2n) is 5.42. The van der Waals surface area contributed by atoms with Gasteiger partial charge in [-0.15, -0.1) is 0 Å². The van der Waals surface area contributed by atoms with Crippen molar-refractivity contribution in [1.82, 2.24) is 4.98 Å². The van der Waals surface area contributed by atoms with Gasteiger partial charge >= 0.3 is 0 Å². The number of hydrogen-bond donors (Lipinski definition) is 1. The molecule has 2 nitrogen and oxygen atoms in total. The van der Waals surface area contributed by atoms with Gasteiger partial charge in [0.1, 0.15) is 11.9 Å². The molecule has 1 N–H and O–H groups in total. The number of nitrogens with zero attached hydrogens (tertiary/aromatic N) is 1. The Morgan fingerprint density at radius 2 is 1.77 bits per heavy atom. The van der Waals surface area contributed by atoms with Crippen LogP contribution in [0.1, 0.15) is 28.4 Å². The summed E-state index contributed by atoms with van der Waals surface area (Å²) in [6.45, 7) is 4.03. The van der Waals surface area contributed by atoms with E-state index in [1.807, 2.05) is 26.0 Å². The summed E-state index contributed by atoms with van der Waals surface area (Å²) in [4.78, 5) is 4.34. The number of rotatable bonds is 2. The molecule has 1 atom stereocenters. The minimum Gasteiger partial charge on any atom is -0.384 e. The molecule has 22 heavy (non-hydrogen) atoms. The Hall–Kier alpha value is -1.78. The summed E-state index contributed by atoms with van der Waals surface area (Å²) >= 11 is 3.23. The normalized spacial score (nSPS) is 12.6. The van der Waals surface area contributed by atoms with Gasteiger partial charge in [0, 0.05) is 21.6 Å². The average Bonchev–Trinajstić information content (AvgIpc) is 2.47. The summed E-state index contributed by atoms with van der Waals surface area (Å²) in [5.74, 6) is -0.435. The van der Waals surface area contributed by atoms with Crippen LogP contribution in [-0.4, -0.2) is 10.1 Å². The standard InChI is InChI=1S/C18H15BrFNO/c1-10-7-15-13(5-6-21-17(15)8-11(10)2)18(22)14-4-3-12(19)9-16(14)20/h3-9,18,22H,1-2H3. The maximum absolute atomic E-state index is 14.1. The van der Waals surface area contributed by atoms with Crippen LogP contribution in [0.2, 0.25) is 0 Å². The predicted octanol–water partition coefficient (Wildman–Crippen LogP) is 4.83. The third kappa shape index (κ3) is 2.64. The van der Waals surface area contributed by atoms with E-state index in [-0.39, 0.29) is 5.56 Å². The van der Waals surface area contributed by atoms with Gasteiger partial charge in [0.15, 0.2) is 0 Å². The molecule has 0 aliphatic heterocycles. The zero-order valence-corrected chi connectivity index (χ0v) is 13.9. The molecule has 3 aromatic rings. The molecule has 1 aromatic heterocycles. The van der Waals surface area contributed by atoms with Crippen LogP contribution in [-0.2, 0) is 0 Å². The molecule has 0 aliphatic rings. The van der Waals surface area contributed by atoms with Crippen LogP contribution in [0.15, 0.2) is 47.1 Å². The van der Waals surface area contributed by atoms with E-state index >= 15 is 0 Å². The molecule has 3 rings (SSSR count). The molecule has 1 unspecified atom stereocenters. The molecule has 0 saturated carbocycles. The van der Waals surface area contributed by atoms with Crippen LogP contribution in [0, 0.1) is 19.7 Å². The molecule has 0 radical (unpaired) electrons. The lowest BCUT2D eigenvalue weighted by Gasteiger charge is -2.16. The lowest BCUT2D eigenvalue weighted by atomic mass is 9.96. The van der Waals surface area contributed by atoms with Crippen LogP contribution >= 0.6 is 15.9 Å². The van der Waals surface area contributed by atoms with Crippen molar-refractivity contribution >= 4 is 26.8 Å². The highest BCUT2D eigenvalue weighted by atomic mass is 79.9. The van der Waals surface area contributed by atoms with E-state index in [0.29, 0.717) is 10.0 Å². The number of aliphatic hydroxyl groups excluding tert-OH is 1. The molecule has 0 spiro atoms. The topological polar surface area (TPSA) is 33.1 Å². The molecule has 0 aliphatic carbocycles. The highest BCUT2D eigenvalue weighted by Gasteiger charge is 2.18. The highest BCUT2D eigenvalue weighted by Crippen LogP contribution is 2.31. The minimum absolute atomic E-state index is 0.258. The minimum atomic E-state index is -1.03. The lowest BCUT2D eigenvalue weighted by Crippen LogP contribution is -2.04. The predicted molar refractivity (Wildman–Crippen MR) is 89.4 cm³/mol. The van der Waals surface area contributed by atoms with E-state index in [1.54, 1.807) is 24.4 Å². The van der Waals surface area contributed by atoms with E-state index < -0.39 is 11.9 Å². The van der Waals surface area contributed by atoms with Crippen LogP contribution < -0.4 is 0 Å². The van der Waals surface area contributed by atoms with Gasteiger partial charge in [-0.3, -0.25) is 4.98 Å². The fourth-order valence-corrected chi connectivity index (χ4v) is 2.89. The Labute approximate surface area is 136 Å². The van der Waals surface area contributed by atoms with Crippen molar-refractivity contribution in [2.75, 3.05) is 0 Å². The first kappa shape index (κ1) is 15.1. The summed E-state index contributed by atoms with van der Waals surface area (Å²) in [5, 5.41) is 11.5. The molecule has 0 bridgehead atoms. The molecule has 0 saturated heterocycles. The van der Waals surface area contributed by atoms with Crippen molar-refractivity contribution in [3.05, 3.63) is 75.1 Å². The number of pyridine rings is 1. The number of aryl methyl sites for hydroxylation is 2. The average molecular weight is 360 g/mol. The quantitative estimate of drug-likeness (QED) is 0.710. The van der Waals surface area contributed by atoms with Crippen molar-refractivity contribution in [2.24, 2.45) is 0 Å². The molecule has 4 heteroatoms. The first-order chi connectivity index (χ1) is 10.5. The van der Waals surface area contributed by atoms with Gasteiger partial charge in [0.25, 0.3) is 0 Å². The van der Waals surface area contributed by atoms with Crippen LogP contribution in [0.4, 0.5) is 4.39 Å². The summed E-state index contributed by atoms with van der Waals surface area (Å²) < 4.78 is 14.8. The van der Waals surface area contributed by atoms with Crippen molar-refractivity contribution in [3.8, 4) is 0 Å². The molecule has 2 aromatic carbocycles. The fourth-order valence-electron chi connectivity index (χ4n) is 2.56. The van der Waals surface area contributed by atoms with Gasteiger partial charge in [-0.05, 0) is 60.9 Å². The third-order valence-corrected chi connectivity index (χ3v) is 4.44. The molecule has 0 fully saturated rings. The number of aliphatic hydroxyl groups is 1. The summed E-state index contributed by atoms with van der Waals surface area (Å²) in [6.07, 6.45) is 0.618.